The van der Waals surface area contributed by atoms with E-state index in [-0.39, 0.29) is 11.3 Å². The molecule has 0 aliphatic carbocycles. The van der Waals surface area contributed by atoms with Gasteiger partial charge in [-0.3, -0.25) is 0 Å². The third-order valence-corrected chi connectivity index (χ3v) is 3.61. The number of nitrogens with one attached hydrogen (secondary N) is 1. The molecule has 4 nitrogen and oxygen atoms in total. The van der Waals surface area contributed by atoms with Gasteiger partial charge in [-0.05, 0) is 30.3 Å². The number of halogens is 1. The molecule has 0 radical (unpaired) electrons. The quantitative estimate of drug-likeness (QED) is 0.752. The highest BCUT2D eigenvalue weighted by Gasteiger charge is 2.07. The van der Waals surface area contributed by atoms with Crippen LogP contribution in [-0.2, 0) is 6.54 Å². The molecule has 0 atom stereocenters. The van der Waals surface area contributed by atoms with Gasteiger partial charge in [0, 0.05) is 22.8 Å². The van der Waals surface area contributed by atoms with Gasteiger partial charge in [0.05, 0.1) is 9.90 Å². The van der Waals surface area contributed by atoms with Gasteiger partial charge >= 0.3 is 5.97 Å². The van der Waals surface area contributed by atoms with Crippen molar-refractivity contribution in [1.82, 2.24) is 0 Å². The molecule has 18 heavy (non-hydrogen) atoms. The predicted octanol–water partition coefficient (Wildman–Crippen LogP) is 3.29. The zero-order chi connectivity index (χ0) is 13.1. The molecule has 0 amide bonds. The van der Waals surface area contributed by atoms with Crippen molar-refractivity contribution < 1.29 is 9.90 Å². The fraction of sp³-hybridized carbons (Fsp3) is 0.0833. The lowest BCUT2D eigenvalue weighted by molar-refractivity contribution is 0.0698. The van der Waals surface area contributed by atoms with E-state index in [0.717, 1.165) is 14.9 Å². The molecule has 1 heterocycles. The SMILES string of the molecule is Nc1cc(NCc2ccc(Cl)s2)ccc1C(=O)O. The summed E-state index contributed by atoms with van der Waals surface area (Å²) < 4.78 is 0.743. The van der Waals surface area contributed by atoms with E-state index in [4.69, 9.17) is 22.4 Å². The van der Waals surface area contributed by atoms with Crippen molar-refractivity contribution in [2.75, 3.05) is 11.1 Å². The highest BCUT2D eigenvalue weighted by Crippen LogP contribution is 2.23. The summed E-state index contributed by atoms with van der Waals surface area (Å²) in [4.78, 5) is 11.9. The summed E-state index contributed by atoms with van der Waals surface area (Å²) in [6, 6.07) is 8.56. The van der Waals surface area contributed by atoms with Crippen molar-refractivity contribution in [3.05, 3.63) is 45.1 Å². The fourth-order valence-corrected chi connectivity index (χ4v) is 2.53. The maximum absolute atomic E-state index is 10.8. The number of hydrogen-bond acceptors (Lipinski definition) is 4. The highest BCUT2D eigenvalue weighted by molar-refractivity contribution is 7.16. The van der Waals surface area contributed by atoms with Crippen molar-refractivity contribution >= 4 is 40.3 Å². The second-order valence-corrected chi connectivity index (χ2v) is 5.47. The summed E-state index contributed by atoms with van der Waals surface area (Å²) in [7, 11) is 0. The molecule has 1 aromatic carbocycles. The van der Waals surface area contributed by atoms with Crippen molar-refractivity contribution in [3.8, 4) is 0 Å². The lowest BCUT2D eigenvalue weighted by Crippen LogP contribution is -2.04. The number of anilines is 2. The number of hydrogen-bond donors (Lipinski definition) is 3. The Morgan fingerprint density at radius 1 is 1.39 bits per heavy atom. The van der Waals surface area contributed by atoms with Crippen molar-refractivity contribution in [3.63, 3.8) is 0 Å². The van der Waals surface area contributed by atoms with Gasteiger partial charge in [0.25, 0.3) is 0 Å². The standard InChI is InChI=1S/C12H11ClN2O2S/c13-11-4-2-8(18-11)6-15-7-1-3-9(12(16)17)10(14)5-7/h1-5,15H,6,14H2,(H,16,17). The first-order chi connectivity index (χ1) is 8.56. The Labute approximate surface area is 113 Å². The minimum atomic E-state index is -1.02. The molecule has 0 bridgehead atoms. The number of thiophene rings is 1. The van der Waals surface area contributed by atoms with Crippen LogP contribution in [0.25, 0.3) is 0 Å². The van der Waals surface area contributed by atoms with Crippen LogP contribution in [0.4, 0.5) is 11.4 Å². The summed E-state index contributed by atoms with van der Waals surface area (Å²) >= 11 is 7.33. The summed E-state index contributed by atoms with van der Waals surface area (Å²) in [5.74, 6) is -1.02. The molecule has 6 heteroatoms. The van der Waals surface area contributed by atoms with Gasteiger partial charge in [-0.2, -0.15) is 0 Å². The minimum Gasteiger partial charge on any atom is -0.478 e. The first-order valence-electron chi connectivity index (χ1n) is 5.17. The third kappa shape index (κ3) is 2.94. The van der Waals surface area contributed by atoms with Crippen LogP contribution in [-0.4, -0.2) is 11.1 Å². The van der Waals surface area contributed by atoms with Crippen LogP contribution in [0.3, 0.4) is 0 Å². The Bertz CT molecular complexity index is 583. The number of nitrogens with two attached hydrogens (primary N) is 1. The van der Waals surface area contributed by atoms with Gasteiger partial charge in [0.2, 0.25) is 0 Å². The monoisotopic (exact) mass is 282 g/mol. The second kappa shape index (κ2) is 5.29. The molecule has 0 aliphatic heterocycles. The number of aromatic carboxylic acids is 1. The Morgan fingerprint density at radius 3 is 2.72 bits per heavy atom. The molecule has 0 unspecified atom stereocenters. The van der Waals surface area contributed by atoms with Crippen LogP contribution in [0.15, 0.2) is 30.3 Å². The summed E-state index contributed by atoms with van der Waals surface area (Å²) in [6.45, 7) is 0.628. The van der Waals surface area contributed by atoms with Gasteiger partial charge in [-0.1, -0.05) is 11.6 Å². The topological polar surface area (TPSA) is 75.3 Å². The van der Waals surface area contributed by atoms with Crippen LogP contribution in [0, 0.1) is 0 Å². The van der Waals surface area contributed by atoms with E-state index in [0.29, 0.717) is 6.54 Å². The molecule has 2 aromatic rings. The number of benzene rings is 1. The maximum Gasteiger partial charge on any atom is 0.337 e. The van der Waals surface area contributed by atoms with Crippen molar-refractivity contribution in [2.45, 2.75) is 6.54 Å². The van der Waals surface area contributed by atoms with Gasteiger partial charge in [0.15, 0.2) is 0 Å². The zero-order valence-corrected chi connectivity index (χ0v) is 10.9. The van der Waals surface area contributed by atoms with Crippen LogP contribution in [0.5, 0.6) is 0 Å². The number of carboxylic acids is 1. The van der Waals surface area contributed by atoms with E-state index in [1.165, 1.54) is 17.4 Å². The lowest BCUT2D eigenvalue weighted by atomic mass is 10.1. The van der Waals surface area contributed by atoms with Crippen LogP contribution < -0.4 is 11.1 Å². The van der Waals surface area contributed by atoms with Gasteiger partial charge in [0.1, 0.15) is 0 Å². The molecular formula is C12H11ClN2O2S. The Morgan fingerprint density at radius 2 is 2.17 bits per heavy atom. The van der Waals surface area contributed by atoms with Crippen LogP contribution in [0.2, 0.25) is 4.34 Å². The van der Waals surface area contributed by atoms with Crippen LogP contribution in [0.1, 0.15) is 15.2 Å². The highest BCUT2D eigenvalue weighted by atomic mass is 35.5. The number of carboxylic acid groups (broad SMARTS) is 1. The van der Waals surface area contributed by atoms with Gasteiger partial charge < -0.3 is 16.2 Å². The molecule has 1 aromatic heterocycles. The van der Waals surface area contributed by atoms with Crippen LogP contribution >= 0.6 is 22.9 Å². The Hall–Kier alpha value is -1.72. The molecule has 0 saturated heterocycles. The molecule has 0 aliphatic rings. The number of rotatable bonds is 4. The van der Waals surface area contributed by atoms with Gasteiger partial charge in [-0.25, -0.2) is 4.79 Å². The number of nitrogen functional groups attached to an aromatic ring is 1. The molecular weight excluding hydrogens is 272 g/mol. The van der Waals surface area contributed by atoms with Crippen molar-refractivity contribution in [1.29, 1.82) is 0 Å². The average molecular weight is 283 g/mol. The summed E-state index contributed by atoms with van der Waals surface area (Å²) in [6.07, 6.45) is 0. The van der Waals surface area contributed by atoms with E-state index < -0.39 is 5.97 Å². The van der Waals surface area contributed by atoms with E-state index in [1.54, 1.807) is 12.1 Å². The molecule has 0 fully saturated rings. The smallest absolute Gasteiger partial charge is 0.337 e. The Balaban J connectivity index is 2.06. The third-order valence-electron chi connectivity index (χ3n) is 2.38. The summed E-state index contributed by atoms with van der Waals surface area (Å²) in [5.41, 5.74) is 6.79. The zero-order valence-electron chi connectivity index (χ0n) is 9.31. The lowest BCUT2D eigenvalue weighted by Gasteiger charge is -2.07. The van der Waals surface area contributed by atoms with E-state index in [9.17, 15) is 4.79 Å². The fourth-order valence-electron chi connectivity index (χ4n) is 1.50. The van der Waals surface area contributed by atoms with E-state index in [1.807, 2.05) is 12.1 Å². The molecule has 2 rings (SSSR count). The van der Waals surface area contributed by atoms with E-state index >= 15 is 0 Å². The normalized spacial score (nSPS) is 10.3. The first kappa shape index (κ1) is 12.7. The van der Waals surface area contributed by atoms with E-state index in [2.05, 4.69) is 5.32 Å². The second-order valence-electron chi connectivity index (χ2n) is 3.67. The Kier molecular flexibility index (Phi) is 3.74. The maximum atomic E-state index is 10.8. The number of carbonyl (C=O) groups is 1. The van der Waals surface area contributed by atoms with Crippen molar-refractivity contribution in [2.24, 2.45) is 0 Å². The van der Waals surface area contributed by atoms with Gasteiger partial charge in [-0.15, -0.1) is 11.3 Å². The summed E-state index contributed by atoms with van der Waals surface area (Å²) in [5, 5.41) is 12.0. The molecule has 94 valence electrons. The average Bonchev–Trinajstić information content (AvgIpc) is 2.72. The minimum absolute atomic E-state index is 0.111. The largest absolute Gasteiger partial charge is 0.478 e. The molecule has 0 spiro atoms. The molecule has 4 N–H and O–H groups in total. The molecule has 0 saturated carbocycles. The first-order valence-corrected chi connectivity index (χ1v) is 6.36. The predicted molar refractivity (Wildman–Crippen MR) is 74.5 cm³/mol.